The molecule has 0 aliphatic heterocycles. The molecule has 0 bridgehead atoms. The molecule has 2 heterocycles. The van der Waals surface area contributed by atoms with Crippen molar-refractivity contribution in [1.29, 1.82) is 0 Å². The second kappa shape index (κ2) is 7.90. The summed E-state index contributed by atoms with van der Waals surface area (Å²) >= 11 is 1.36. The number of aromatic nitrogens is 2. The maximum absolute atomic E-state index is 12.1. The molecule has 2 aromatic heterocycles. The molecular weight excluding hydrogens is 304 g/mol. The van der Waals surface area contributed by atoms with E-state index < -0.39 is 0 Å². The molecule has 120 valence electrons. The largest absolute Gasteiger partial charge is 0.464 e. The van der Waals surface area contributed by atoms with Crippen molar-refractivity contribution in [3.05, 3.63) is 28.7 Å². The number of carbonyl (C=O) groups is 1. The first-order valence-corrected chi connectivity index (χ1v) is 7.95. The molecule has 0 radical (unpaired) electrons. The first-order valence-electron chi connectivity index (χ1n) is 7.13. The van der Waals surface area contributed by atoms with Crippen LogP contribution < -0.4 is 10.6 Å². The first kappa shape index (κ1) is 16.4. The van der Waals surface area contributed by atoms with E-state index >= 15 is 0 Å². The van der Waals surface area contributed by atoms with E-state index in [1.54, 1.807) is 7.11 Å². The van der Waals surface area contributed by atoms with E-state index in [2.05, 4.69) is 20.8 Å². The lowest BCUT2D eigenvalue weighted by atomic mass is 10.2. The molecule has 1 atom stereocenters. The second-order valence-corrected chi connectivity index (χ2v) is 5.68. The highest BCUT2D eigenvalue weighted by atomic mass is 32.1. The van der Waals surface area contributed by atoms with Crippen LogP contribution in [0.25, 0.3) is 0 Å². The van der Waals surface area contributed by atoms with Gasteiger partial charge in [-0.1, -0.05) is 25.2 Å². The van der Waals surface area contributed by atoms with Crippen molar-refractivity contribution in [3.63, 3.8) is 0 Å². The van der Waals surface area contributed by atoms with Gasteiger partial charge in [-0.3, -0.25) is 5.32 Å². The summed E-state index contributed by atoms with van der Waals surface area (Å²) in [5.74, 6) is 1.54. The van der Waals surface area contributed by atoms with Crippen LogP contribution in [0.3, 0.4) is 0 Å². The Balaban J connectivity index is 1.98. The Morgan fingerprint density at radius 1 is 1.36 bits per heavy atom. The van der Waals surface area contributed by atoms with E-state index in [0.717, 1.165) is 23.6 Å². The third kappa shape index (κ3) is 4.28. The number of methoxy groups -OCH3 is 1. The number of ether oxygens (including phenoxy) is 1. The van der Waals surface area contributed by atoms with Gasteiger partial charge in [0.05, 0.1) is 6.61 Å². The van der Waals surface area contributed by atoms with Crippen molar-refractivity contribution in [2.45, 2.75) is 32.7 Å². The van der Waals surface area contributed by atoms with Gasteiger partial charge in [-0.05, 0) is 18.6 Å². The third-order valence-corrected chi connectivity index (χ3v) is 3.99. The summed E-state index contributed by atoms with van der Waals surface area (Å²) in [5.41, 5.74) is 0. The Labute approximate surface area is 133 Å². The van der Waals surface area contributed by atoms with Crippen LogP contribution in [0.2, 0.25) is 0 Å². The maximum atomic E-state index is 12.1. The van der Waals surface area contributed by atoms with Gasteiger partial charge in [0, 0.05) is 13.5 Å². The lowest BCUT2D eigenvalue weighted by Gasteiger charge is -2.15. The maximum Gasteiger partial charge on any atom is 0.321 e. The summed E-state index contributed by atoms with van der Waals surface area (Å²) < 4.78 is 10.8. The van der Waals surface area contributed by atoms with Crippen LogP contribution in [0, 0.1) is 0 Å². The van der Waals surface area contributed by atoms with E-state index in [-0.39, 0.29) is 12.1 Å². The average molecular weight is 324 g/mol. The van der Waals surface area contributed by atoms with Crippen molar-refractivity contribution in [3.8, 4) is 0 Å². The van der Waals surface area contributed by atoms with Gasteiger partial charge in [0.25, 0.3) is 0 Å². The molecule has 0 aliphatic carbocycles. The summed E-state index contributed by atoms with van der Waals surface area (Å²) in [4.78, 5) is 12.1. The molecule has 22 heavy (non-hydrogen) atoms. The molecule has 1 unspecified atom stereocenters. The van der Waals surface area contributed by atoms with E-state index in [1.165, 1.54) is 11.3 Å². The Morgan fingerprint density at radius 3 is 2.77 bits per heavy atom. The highest BCUT2D eigenvalue weighted by molar-refractivity contribution is 7.15. The summed E-state index contributed by atoms with van der Waals surface area (Å²) in [6.45, 7) is 4.32. The fraction of sp³-hybridized carbons (Fsp3) is 0.500. The van der Waals surface area contributed by atoms with Gasteiger partial charge in [0.1, 0.15) is 22.6 Å². The number of nitrogens with zero attached hydrogens (tertiary/aromatic N) is 2. The molecule has 2 N–H and O–H groups in total. The molecule has 2 rings (SSSR count). The van der Waals surface area contributed by atoms with Crippen molar-refractivity contribution >= 4 is 22.5 Å². The van der Waals surface area contributed by atoms with Gasteiger partial charge in [-0.2, -0.15) is 0 Å². The molecule has 7 nitrogen and oxygen atoms in total. The SMILES string of the molecule is CCc1ccc(C(COC)NC(=O)Nc2nnc(CC)s2)o1. The standard InChI is InChI=1S/C14H20N4O3S/c1-4-9-6-7-11(21-9)10(8-20-3)15-13(19)16-14-18-17-12(5-2)22-14/h6-7,10H,4-5,8H2,1-3H3,(H2,15,16,18,19). The van der Waals surface area contributed by atoms with Crippen LogP contribution in [0.1, 0.15) is 36.4 Å². The van der Waals surface area contributed by atoms with Gasteiger partial charge >= 0.3 is 6.03 Å². The molecule has 8 heteroatoms. The Bertz CT molecular complexity index is 611. The number of anilines is 1. The normalized spacial score (nSPS) is 12.1. The van der Waals surface area contributed by atoms with Crippen LogP contribution in [0.5, 0.6) is 0 Å². The molecular formula is C14H20N4O3S. The van der Waals surface area contributed by atoms with Gasteiger partial charge in [0.2, 0.25) is 5.13 Å². The Hall–Kier alpha value is -1.93. The van der Waals surface area contributed by atoms with Gasteiger partial charge in [0.15, 0.2) is 0 Å². The second-order valence-electron chi connectivity index (χ2n) is 4.62. The van der Waals surface area contributed by atoms with Crippen molar-refractivity contribution in [1.82, 2.24) is 15.5 Å². The minimum atomic E-state index is -0.365. The number of nitrogens with one attached hydrogen (secondary N) is 2. The molecule has 0 saturated heterocycles. The number of hydrogen-bond donors (Lipinski definition) is 2. The quantitative estimate of drug-likeness (QED) is 0.817. The average Bonchev–Trinajstić information content (AvgIpc) is 3.15. The fourth-order valence-corrected chi connectivity index (χ4v) is 2.55. The van der Waals surface area contributed by atoms with Gasteiger partial charge in [-0.25, -0.2) is 4.79 Å². The molecule has 0 fully saturated rings. The highest BCUT2D eigenvalue weighted by Crippen LogP contribution is 2.19. The predicted molar refractivity (Wildman–Crippen MR) is 84.1 cm³/mol. The topological polar surface area (TPSA) is 89.3 Å². The Morgan fingerprint density at radius 2 is 2.18 bits per heavy atom. The van der Waals surface area contributed by atoms with Crippen LogP contribution in [0.15, 0.2) is 16.5 Å². The van der Waals surface area contributed by atoms with Crippen molar-refractivity contribution in [2.75, 3.05) is 19.0 Å². The van der Waals surface area contributed by atoms with Gasteiger partial charge in [-0.15, -0.1) is 10.2 Å². The molecule has 0 aliphatic rings. The minimum absolute atomic E-state index is 0.320. The predicted octanol–water partition coefficient (Wildman–Crippen LogP) is 2.77. The molecule has 2 amide bonds. The highest BCUT2D eigenvalue weighted by Gasteiger charge is 2.19. The van der Waals surface area contributed by atoms with Crippen LogP contribution in [0.4, 0.5) is 9.93 Å². The number of amides is 2. The van der Waals surface area contributed by atoms with E-state index in [1.807, 2.05) is 26.0 Å². The number of furan rings is 1. The zero-order valence-electron chi connectivity index (χ0n) is 12.9. The lowest BCUT2D eigenvalue weighted by Crippen LogP contribution is -2.34. The number of urea groups is 1. The number of hydrogen-bond acceptors (Lipinski definition) is 6. The number of aryl methyl sites for hydroxylation is 2. The van der Waals surface area contributed by atoms with Crippen LogP contribution in [-0.2, 0) is 17.6 Å². The third-order valence-electron chi connectivity index (χ3n) is 3.00. The van der Waals surface area contributed by atoms with Crippen molar-refractivity contribution < 1.29 is 13.9 Å². The zero-order chi connectivity index (χ0) is 15.9. The first-order chi connectivity index (χ1) is 10.7. The van der Waals surface area contributed by atoms with E-state index in [0.29, 0.717) is 17.5 Å². The van der Waals surface area contributed by atoms with E-state index in [4.69, 9.17) is 9.15 Å². The fourth-order valence-electron chi connectivity index (χ4n) is 1.87. The lowest BCUT2D eigenvalue weighted by molar-refractivity contribution is 0.158. The Kier molecular flexibility index (Phi) is 5.91. The van der Waals surface area contributed by atoms with Crippen molar-refractivity contribution in [2.24, 2.45) is 0 Å². The molecule has 2 aromatic rings. The monoisotopic (exact) mass is 324 g/mol. The molecule has 0 spiro atoms. The number of rotatable bonds is 7. The minimum Gasteiger partial charge on any atom is -0.464 e. The summed E-state index contributed by atoms with van der Waals surface area (Å²) in [5, 5.41) is 14.7. The van der Waals surface area contributed by atoms with E-state index in [9.17, 15) is 4.79 Å². The van der Waals surface area contributed by atoms with Gasteiger partial charge < -0.3 is 14.5 Å². The number of carbonyl (C=O) groups excluding carboxylic acids is 1. The smallest absolute Gasteiger partial charge is 0.321 e. The van der Waals surface area contributed by atoms with Crippen LogP contribution >= 0.6 is 11.3 Å². The summed E-state index contributed by atoms with van der Waals surface area (Å²) in [6, 6.07) is 3.03. The summed E-state index contributed by atoms with van der Waals surface area (Å²) in [6.07, 6.45) is 1.59. The summed E-state index contributed by atoms with van der Waals surface area (Å²) in [7, 11) is 1.58. The van der Waals surface area contributed by atoms with Crippen LogP contribution in [-0.4, -0.2) is 29.9 Å². The molecule has 0 saturated carbocycles. The zero-order valence-corrected chi connectivity index (χ0v) is 13.7. The molecule has 0 aromatic carbocycles.